The third-order valence-electron chi connectivity index (χ3n) is 5.91. The Balaban J connectivity index is 1.50. The van der Waals surface area contributed by atoms with Gasteiger partial charge >= 0.3 is 0 Å². The fourth-order valence-corrected chi connectivity index (χ4v) is 4.56. The summed E-state index contributed by atoms with van der Waals surface area (Å²) < 4.78 is 34.3. The molecule has 1 N–H and O–H groups in total. The second-order valence-corrected chi connectivity index (χ2v) is 8.38. The van der Waals surface area contributed by atoms with Crippen LogP contribution in [-0.2, 0) is 11.2 Å². The van der Waals surface area contributed by atoms with Crippen LogP contribution in [0.1, 0.15) is 54.6 Å². The van der Waals surface area contributed by atoms with Crippen LogP contribution in [0.15, 0.2) is 24.4 Å². The number of aromatic nitrogens is 1. The molecule has 0 spiro atoms. The molecule has 0 radical (unpaired) electrons. The quantitative estimate of drug-likeness (QED) is 0.764. The molecule has 152 valence electrons. The lowest BCUT2D eigenvalue weighted by atomic mass is 9.87. The summed E-state index contributed by atoms with van der Waals surface area (Å²) in [6, 6.07) is 5.51. The van der Waals surface area contributed by atoms with Crippen molar-refractivity contribution in [3.8, 4) is 0 Å². The number of nitrogens with one attached hydrogen (secondary N) is 1. The van der Waals surface area contributed by atoms with E-state index >= 15 is 0 Å². The van der Waals surface area contributed by atoms with Crippen LogP contribution in [0.5, 0.6) is 0 Å². The van der Waals surface area contributed by atoms with E-state index in [1.807, 2.05) is 22.7 Å². The Kier molecular flexibility index (Phi) is 5.61. The first-order chi connectivity index (χ1) is 13.4. The molecule has 4 nitrogen and oxygen atoms in total. The monoisotopic (exact) mass is 410 g/mol. The fraction of sp³-hybridized carbons (Fsp3) is 0.571. The van der Waals surface area contributed by atoms with Crippen molar-refractivity contribution in [3.63, 3.8) is 0 Å². The minimum absolute atomic E-state index is 0.0966. The average molecular weight is 411 g/mol. The first kappa shape index (κ1) is 19.6. The number of nitrogens with zero attached hydrogens (tertiary/aromatic N) is 1. The van der Waals surface area contributed by atoms with E-state index in [-0.39, 0.29) is 30.8 Å². The van der Waals surface area contributed by atoms with Crippen molar-refractivity contribution >= 4 is 23.0 Å². The van der Waals surface area contributed by atoms with Crippen LogP contribution in [0.3, 0.4) is 0 Å². The molecule has 1 saturated heterocycles. The molecule has 7 heteroatoms. The summed E-state index contributed by atoms with van der Waals surface area (Å²) in [6.45, 7) is 1.19. The molecular weight excluding hydrogens is 386 g/mol. The van der Waals surface area contributed by atoms with Crippen LogP contribution in [0.2, 0.25) is 5.02 Å². The largest absolute Gasteiger partial charge is 0.378 e. The number of halogens is 3. The van der Waals surface area contributed by atoms with Crippen molar-refractivity contribution in [1.29, 1.82) is 0 Å². The molecule has 0 aromatic carbocycles. The fourth-order valence-electron chi connectivity index (χ4n) is 4.29. The Hall–Kier alpha value is -1.66. The van der Waals surface area contributed by atoms with Crippen molar-refractivity contribution < 1.29 is 18.3 Å². The number of carbonyl (C=O) groups excluding carboxylic acids is 1. The van der Waals surface area contributed by atoms with E-state index in [4.69, 9.17) is 16.3 Å². The molecule has 2 fully saturated rings. The van der Waals surface area contributed by atoms with Gasteiger partial charge in [0.1, 0.15) is 0 Å². The maximum Gasteiger partial charge on any atom is 0.253 e. The summed E-state index contributed by atoms with van der Waals surface area (Å²) in [6.07, 6.45) is 5.56. The lowest BCUT2D eigenvalue weighted by Gasteiger charge is -2.28. The van der Waals surface area contributed by atoms with E-state index < -0.39 is 5.92 Å². The van der Waals surface area contributed by atoms with E-state index in [1.165, 1.54) is 0 Å². The highest BCUT2D eigenvalue weighted by Gasteiger charge is 2.35. The summed E-state index contributed by atoms with van der Waals surface area (Å²) in [5.41, 5.74) is 2.21. The lowest BCUT2D eigenvalue weighted by molar-refractivity contribution is -0.0452. The van der Waals surface area contributed by atoms with E-state index in [0.717, 1.165) is 31.6 Å². The minimum atomic E-state index is -2.55. The molecule has 0 bridgehead atoms. The van der Waals surface area contributed by atoms with Crippen LogP contribution in [-0.4, -0.2) is 35.5 Å². The molecule has 1 saturated carbocycles. The van der Waals surface area contributed by atoms with Crippen molar-refractivity contribution in [2.45, 2.75) is 57.0 Å². The van der Waals surface area contributed by atoms with Gasteiger partial charge < -0.3 is 14.5 Å². The highest BCUT2D eigenvalue weighted by Crippen LogP contribution is 2.36. The van der Waals surface area contributed by atoms with Gasteiger partial charge in [-0.15, -0.1) is 0 Å². The summed E-state index contributed by atoms with van der Waals surface area (Å²) in [4.78, 5) is 12.9. The van der Waals surface area contributed by atoms with Crippen molar-refractivity contribution in [1.82, 2.24) is 9.72 Å². The van der Waals surface area contributed by atoms with Gasteiger partial charge in [-0.1, -0.05) is 11.6 Å². The smallest absolute Gasteiger partial charge is 0.253 e. The van der Waals surface area contributed by atoms with Crippen molar-refractivity contribution in [2.75, 3.05) is 13.2 Å². The standard InChI is InChI=1S/C21H25ClF2N2O2/c22-18-4-1-9-26-15(11-16-3-2-10-28-16)12-17(19(18)26)20(27)25-13-14-5-7-21(23,24)8-6-14/h1,4,9,12,14,16H,2-3,5-8,10-11,13H2,(H,25,27). The number of carbonyl (C=O) groups is 1. The van der Waals surface area contributed by atoms with Crippen LogP contribution >= 0.6 is 11.6 Å². The van der Waals surface area contributed by atoms with Crippen LogP contribution in [0, 0.1) is 5.92 Å². The van der Waals surface area contributed by atoms with Gasteiger partial charge in [-0.3, -0.25) is 4.79 Å². The normalized spacial score (nSPS) is 22.6. The number of hydrogen-bond donors (Lipinski definition) is 1. The molecule has 1 unspecified atom stereocenters. The van der Waals surface area contributed by atoms with E-state index in [9.17, 15) is 13.6 Å². The molecule has 28 heavy (non-hydrogen) atoms. The molecule has 4 rings (SSSR count). The Morgan fingerprint density at radius 3 is 2.82 bits per heavy atom. The molecule has 1 aliphatic carbocycles. The Labute approximate surface area is 168 Å². The SMILES string of the molecule is O=C(NCC1CCC(F)(F)CC1)c1cc(CC2CCCO2)n2cccc(Cl)c12. The van der Waals surface area contributed by atoms with Crippen molar-refractivity contribution in [3.05, 3.63) is 40.7 Å². The van der Waals surface area contributed by atoms with Crippen LogP contribution in [0.25, 0.3) is 5.52 Å². The number of hydrogen-bond acceptors (Lipinski definition) is 2. The van der Waals surface area contributed by atoms with Gasteiger partial charge in [-0.25, -0.2) is 8.78 Å². The number of ether oxygens (including phenoxy) is 1. The summed E-state index contributed by atoms with van der Waals surface area (Å²) in [5.74, 6) is -2.66. The highest BCUT2D eigenvalue weighted by molar-refractivity contribution is 6.34. The Morgan fingerprint density at radius 1 is 1.32 bits per heavy atom. The molecule has 1 amide bonds. The van der Waals surface area contributed by atoms with Gasteiger partial charge in [0.2, 0.25) is 5.92 Å². The van der Waals surface area contributed by atoms with Gasteiger partial charge in [0.05, 0.1) is 22.2 Å². The Morgan fingerprint density at radius 2 is 2.11 bits per heavy atom. The van der Waals surface area contributed by atoms with E-state index in [1.54, 1.807) is 6.07 Å². The maximum atomic E-state index is 13.3. The zero-order valence-electron chi connectivity index (χ0n) is 15.7. The Bertz CT molecular complexity index is 851. The third kappa shape index (κ3) is 4.18. The highest BCUT2D eigenvalue weighted by atomic mass is 35.5. The first-order valence-electron chi connectivity index (χ1n) is 9.99. The molecule has 2 aliphatic rings. The van der Waals surface area contributed by atoms with Gasteiger partial charge in [0, 0.05) is 44.3 Å². The summed E-state index contributed by atoms with van der Waals surface area (Å²) in [7, 11) is 0. The molecule has 1 aliphatic heterocycles. The zero-order chi connectivity index (χ0) is 19.7. The van der Waals surface area contributed by atoms with E-state index in [2.05, 4.69) is 5.32 Å². The van der Waals surface area contributed by atoms with Gasteiger partial charge in [0.15, 0.2) is 0 Å². The van der Waals surface area contributed by atoms with Crippen LogP contribution < -0.4 is 5.32 Å². The topological polar surface area (TPSA) is 42.7 Å². The van der Waals surface area contributed by atoms with Crippen molar-refractivity contribution in [2.24, 2.45) is 5.92 Å². The second kappa shape index (κ2) is 7.99. The number of pyridine rings is 1. The predicted octanol–water partition coefficient (Wildman–Crippen LogP) is 4.87. The third-order valence-corrected chi connectivity index (χ3v) is 6.22. The van der Waals surface area contributed by atoms with Gasteiger partial charge in [0.25, 0.3) is 5.91 Å². The summed E-state index contributed by atoms with van der Waals surface area (Å²) >= 11 is 6.40. The predicted molar refractivity (Wildman–Crippen MR) is 104 cm³/mol. The van der Waals surface area contributed by atoms with E-state index in [0.29, 0.717) is 35.5 Å². The van der Waals surface area contributed by atoms with Crippen LogP contribution in [0.4, 0.5) is 8.78 Å². The minimum Gasteiger partial charge on any atom is -0.378 e. The maximum absolute atomic E-state index is 13.3. The molecule has 1 atom stereocenters. The van der Waals surface area contributed by atoms with Gasteiger partial charge in [-0.2, -0.15) is 0 Å². The zero-order valence-corrected chi connectivity index (χ0v) is 16.5. The second-order valence-electron chi connectivity index (χ2n) is 7.97. The summed E-state index contributed by atoms with van der Waals surface area (Å²) in [5, 5.41) is 3.45. The number of fused-ring (bicyclic) bond motifs is 1. The molecular formula is C21H25ClF2N2O2. The lowest BCUT2D eigenvalue weighted by Crippen LogP contribution is -2.33. The first-order valence-corrected chi connectivity index (χ1v) is 10.4. The average Bonchev–Trinajstić information content (AvgIpc) is 3.30. The number of amides is 1. The molecule has 2 aromatic heterocycles. The molecule has 3 heterocycles. The molecule has 2 aromatic rings. The van der Waals surface area contributed by atoms with Gasteiger partial charge in [-0.05, 0) is 49.8 Å². The number of rotatable bonds is 5. The number of alkyl halides is 2.